The molecule has 0 radical (unpaired) electrons. The van der Waals surface area contributed by atoms with Crippen LogP contribution in [0.25, 0.3) is 11.0 Å². The summed E-state index contributed by atoms with van der Waals surface area (Å²) in [6.45, 7) is 6.09. The maximum atomic E-state index is 13.0. The van der Waals surface area contributed by atoms with Gasteiger partial charge in [-0.1, -0.05) is 31.0 Å². The maximum absolute atomic E-state index is 13.0. The van der Waals surface area contributed by atoms with Gasteiger partial charge in [-0.15, -0.1) is 0 Å². The van der Waals surface area contributed by atoms with Crippen molar-refractivity contribution in [2.45, 2.75) is 63.8 Å². The summed E-state index contributed by atoms with van der Waals surface area (Å²) in [6, 6.07) is 12.9. The molecule has 2 heterocycles. The largest absolute Gasteiger partial charge is 0.328 e. The number of carbonyl (C=O) groups is 1. The van der Waals surface area contributed by atoms with E-state index in [-0.39, 0.29) is 5.91 Å². The molecule has 1 fully saturated rings. The quantitative estimate of drug-likeness (QED) is 0.501. The van der Waals surface area contributed by atoms with Gasteiger partial charge >= 0.3 is 0 Å². The summed E-state index contributed by atoms with van der Waals surface area (Å²) >= 11 is 0. The van der Waals surface area contributed by atoms with Crippen LogP contribution in [-0.2, 0) is 27.8 Å². The molecule has 4 rings (SSSR count). The Morgan fingerprint density at radius 2 is 1.82 bits per heavy atom. The van der Waals surface area contributed by atoms with Gasteiger partial charge in [0.1, 0.15) is 5.82 Å². The number of nitrogens with zero attached hydrogens (tertiary/aromatic N) is 3. The van der Waals surface area contributed by atoms with Gasteiger partial charge in [0.25, 0.3) is 0 Å². The van der Waals surface area contributed by atoms with Crippen LogP contribution in [0.15, 0.2) is 47.4 Å². The summed E-state index contributed by atoms with van der Waals surface area (Å²) < 4.78 is 29.7. The molecule has 2 aromatic carbocycles. The van der Waals surface area contributed by atoms with E-state index >= 15 is 0 Å². The summed E-state index contributed by atoms with van der Waals surface area (Å²) in [5, 5.41) is 2.94. The summed E-state index contributed by atoms with van der Waals surface area (Å²) in [5.41, 5.74) is 3.50. The molecule has 3 aromatic rings. The van der Waals surface area contributed by atoms with E-state index in [2.05, 4.69) is 16.8 Å². The Kier molecular flexibility index (Phi) is 7.14. The molecule has 1 aliphatic rings. The van der Waals surface area contributed by atoms with E-state index in [1.165, 1.54) is 0 Å². The van der Waals surface area contributed by atoms with Gasteiger partial charge in [-0.2, -0.15) is 4.31 Å². The molecule has 1 amide bonds. The molecule has 0 aliphatic carbocycles. The van der Waals surface area contributed by atoms with Gasteiger partial charge in [-0.3, -0.25) is 4.79 Å². The second-order valence-electron chi connectivity index (χ2n) is 8.71. The van der Waals surface area contributed by atoms with Gasteiger partial charge < -0.3 is 9.88 Å². The van der Waals surface area contributed by atoms with Crippen LogP contribution < -0.4 is 5.32 Å². The highest BCUT2D eigenvalue weighted by Crippen LogP contribution is 2.26. The summed E-state index contributed by atoms with van der Waals surface area (Å²) in [5.74, 6) is 0.749. The number of fused-ring (bicyclic) bond motifs is 1. The van der Waals surface area contributed by atoms with E-state index in [4.69, 9.17) is 4.98 Å². The lowest BCUT2D eigenvalue weighted by Crippen LogP contribution is -2.27. The Labute approximate surface area is 195 Å². The van der Waals surface area contributed by atoms with Crippen LogP contribution >= 0.6 is 0 Å². The topological polar surface area (TPSA) is 84.3 Å². The van der Waals surface area contributed by atoms with Crippen LogP contribution in [0.1, 0.15) is 50.4 Å². The average molecular weight is 469 g/mol. The molecule has 1 saturated heterocycles. The van der Waals surface area contributed by atoms with Crippen molar-refractivity contribution in [1.29, 1.82) is 0 Å². The highest BCUT2D eigenvalue weighted by molar-refractivity contribution is 7.89. The smallest absolute Gasteiger partial charge is 0.243 e. The first-order valence-electron chi connectivity index (χ1n) is 11.7. The molecule has 176 valence electrons. The lowest BCUT2D eigenvalue weighted by molar-refractivity contribution is -0.116. The third-order valence-electron chi connectivity index (χ3n) is 6.15. The van der Waals surface area contributed by atoms with Crippen LogP contribution in [0.4, 0.5) is 5.69 Å². The number of unbranched alkanes of at least 4 members (excludes halogenated alkanes) is 1. The Balaban J connectivity index is 1.55. The fourth-order valence-electron chi connectivity index (χ4n) is 4.24. The van der Waals surface area contributed by atoms with Crippen molar-refractivity contribution in [2.24, 2.45) is 0 Å². The highest BCUT2D eigenvalue weighted by Gasteiger charge is 2.27. The van der Waals surface area contributed by atoms with E-state index in [1.807, 2.05) is 37.3 Å². The van der Waals surface area contributed by atoms with Crippen LogP contribution in [0.5, 0.6) is 0 Å². The normalized spacial score (nSPS) is 14.7. The van der Waals surface area contributed by atoms with Crippen molar-refractivity contribution >= 4 is 32.7 Å². The Hall–Kier alpha value is -2.71. The predicted octanol–water partition coefficient (Wildman–Crippen LogP) is 4.50. The van der Waals surface area contributed by atoms with E-state index in [0.717, 1.165) is 54.8 Å². The average Bonchev–Trinajstić information content (AvgIpc) is 3.46. The molecule has 0 spiro atoms. The van der Waals surface area contributed by atoms with Crippen LogP contribution in [0.3, 0.4) is 0 Å². The molecular weight excluding hydrogens is 436 g/mol. The zero-order chi connectivity index (χ0) is 23.4. The standard InChI is InChI=1S/C25H32N4O3S/c1-3-4-17-29-23-12-11-21(33(31,32)28-15-5-6-16-28)18-22(23)27-24(29)13-14-25(30)26-20-9-7-19(2)8-10-20/h7-12,18H,3-6,13-17H2,1-2H3,(H,26,30). The molecule has 0 unspecified atom stereocenters. The number of nitrogens with one attached hydrogen (secondary N) is 1. The number of rotatable bonds is 9. The van der Waals surface area contributed by atoms with Gasteiger partial charge in [0.05, 0.1) is 15.9 Å². The predicted molar refractivity (Wildman–Crippen MR) is 131 cm³/mol. The zero-order valence-corrected chi connectivity index (χ0v) is 20.2. The molecule has 7 nitrogen and oxygen atoms in total. The van der Waals surface area contributed by atoms with Crippen LogP contribution in [0, 0.1) is 6.92 Å². The van der Waals surface area contributed by atoms with Gasteiger partial charge in [0.15, 0.2) is 0 Å². The maximum Gasteiger partial charge on any atom is 0.243 e. The molecule has 0 atom stereocenters. The van der Waals surface area contributed by atoms with Gasteiger partial charge in [0, 0.05) is 38.2 Å². The van der Waals surface area contributed by atoms with Crippen molar-refractivity contribution in [1.82, 2.24) is 13.9 Å². The molecule has 33 heavy (non-hydrogen) atoms. The van der Waals surface area contributed by atoms with Gasteiger partial charge in [-0.05, 0) is 56.5 Å². The molecule has 8 heteroatoms. The monoisotopic (exact) mass is 468 g/mol. The van der Waals surface area contributed by atoms with Crippen molar-refractivity contribution in [2.75, 3.05) is 18.4 Å². The number of hydrogen-bond donors (Lipinski definition) is 1. The first kappa shape index (κ1) is 23.4. The molecule has 0 bridgehead atoms. The Morgan fingerprint density at radius 1 is 1.09 bits per heavy atom. The first-order valence-corrected chi connectivity index (χ1v) is 13.2. The molecular formula is C25H32N4O3S. The lowest BCUT2D eigenvalue weighted by atomic mass is 10.2. The lowest BCUT2D eigenvalue weighted by Gasteiger charge is -2.15. The summed E-state index contributed by atoms with van der Waals surface area (Å²) in [6.07, 6.45) is 4.63. The number of benzene rings is 2. The number of aromatic nitrogens is 2. The van der Waals surface area contributed by atoms with Crippen LogP contribution in [-0.4, -0.2) is 41.3 Å². The molecule has 0 saturated carbocycles. The van der Waals surface area contributed by atoms with Crippen molar-refractivity contribution in [3.05, 3.63) is 53.9 Å². The van der Waals surface area contributed by atoms with E-state index in [1.54, 1.807) is 16.4 Å². The minimum atomic E-state index is -3.49. The van der Waals surface area contributed by atoms with Gasteiger partial charge in [0.2, 0.25) is 15.9 Å². The number of amides is 1. The number of carbonyl (C=O) groups excluding carboxylic acids is 1. The second-order valence-corrected chi connectivity index (χ2v) is 10.6. The summed E-state index contributed by atoms with van der Waals surface area (Å²) in [7, 11) is -3.49. The van der Waals surface area contributed by atoms with Crippen molar-refractivity contribution in [3.8, 4) is 0 Å². The molecule has 1 aromatic heterocycles. The SMILES string of the molecule is CCCCn1c(CCC(=O)Nc2ccc(C)cc2)nc2cc(S(=O)(=O)N3CCCC3)ccc21. The molecule has 1 aliphatic heterocycles. The first-order chi connectivity index (χ1) is 15.9. The fraction of sp³-hybridized carbons (Fsp3) is 0.440. The number of aryl methyl sites for hydroxylation is 3. The van der Waals surface area contributed by atoms with E-state index < -0.39 is 10.0 Å². The third-order valence-corrected chi connectivity index (χ3v) is 8.04. The van der Waals surface area contributed by atoms with Gasteiger partial charge in [-0.25, -0.2) is 13.4 Å². The van der Waals surface area contributed by atoms with E-state index in [9.17, 15) is 13.2 Å². The fourth-order valence-corrected chi connectivity index (χ4v) is 5.78. The van der Waals surface area contributed by atoms with E-state index in [0.29, 0.717) is 36.3 Å². The number of hydrogen-bond acceptors (Lipinski definition) is 4. The minimum absolute atomic E-state index is 0.0646. The molecule has 1 N–H and O–H groups in total. The Morgan fingerprint density at radius 3 is 2.52 bits per heavy atom. The summed E-state index contributed by atoms with van der Waals surface area (Å²) in [4.78, 5) is 17.6. The number of imidazole rings is 1. The van der Waals surface area contributed by atoms with Crippen molar-refractivity contribution < 1.29 is 13.2 Å². The zero-order valence-electron chi connectivity index (χ0n) is 19.4. The highest BCUT2D eigenvalue weighted by atomic mass is 32.2. The van der Waals surface area contributed by atoms with Crippen molar-refractivity contribution in [3.63, 3.8) is 0 Å². The second kappa shape index (κ2) is 10.1. The number of sulfonamides is 1. The number of anilines is 1. The Bertz CT molecular complexity index is 1230. The third kappa shape index (κ3) is 5.28. The van der Waals surface area contributed by atoms with Crippen LogP contribution in [0.2, 0.25) is 0 Å². The minimum Gasteiger partial charge on any atom is -0.328 e.